The minimum absolute atomic E-state index is 0.00630. The third kappa shape index (κ3) is 3.44. The summed E-state index contributed by atoms with van der Waals surface area (Å²) in [5.41, 5.74) is 2.12. The molecule has 4 rings (SSSR count). The molecule has 0 saturated carbocycles. The molecule has 0 aromatic heterocycles. The molecule has 3 heterocycles. The molecular formula is C20H27N5O3. The predicted molar refractivity (Wildman–Crippen MR) is 106 cm³/mol. The molecule has 1 N–H and O–H groups in total. The van der Waals surface area contributed by atoms with Gasteiger partial charge in [0.25, 0.3) is 5.91 Å². The fourth-order valence-electron chi connectivity index (χ4n) is 4.21. The Labute approximate surface area is 165 Å². The third-order valence-corrected chi connectivity index (χ3v) is 5.94. The molecule has 0 aliphatic carbocycles. The van der Waals surface area contributed by atoms with E-state index in [-0.39, 0.29) is 30.3 Å². The minimum Gasteiger partial charge on any atom is -0.358 e. The van der Waals surface area contributed by atoms with Crippen LogP contribution in [0, 0.1) is 0 Å². The van der Waals surface area contributed by atoms with E-state index >= 15 is 0 Å². The SMILES string of the molecule is CN1CCN(C(=O)CN(C)C(=O)c2ccc3c(c2)NC(=O)[C@H]2CCCN32)CC1. The largest absolute Gasteiger partial charge is 0.358 e. The third-order valence-electron chi connectivity index (χ3n) is 5.94. The highest BCUT2D eigenvalue weighted by Gasteiger charge is 2.36. The van der Waals surface area contributed by atoms with Gasteiger partial charge in [-0.3, -0.25) is 14.4 Å². The lowest BCUT2D eigenvalue weighted by molar-refractivity contribution is -0.133. The average molecular weight is 385 g/mol. The van der Waals surface area contributed by atoms with Gasteiger partial charge in [-0.05, 0) is 38.1 Å². The summed E-state index contributed by atoms with van der Waals surface area (Å²) in [6, 6.07) is 5.31. The number of hydrogen-bond donors (Lipinski definition) is 1. The van der Waals surface area contributed by atoms with Crippen molar-refractivity contribution in [2.24, 2.45) is 0 Å². The topological polar surface area (TPSA) is 76.2 Å². The van der Waals surface area contributed by atoms with Gasteiger partial charge in [0, 0.05) is 45.3 Å². The maximum absolute atomic E-state index is 12.8. The van der Waals surface area contributed by atoms with Crippen LogP contribution in [0.25, 0.3) is 0 Å². The number of nitrogens with zero attached hydrogens (tertiary/aromatic N) is 4. The van der Waals surface area contributed by atoms with Gasteiger partial charge in [0.15, 0.2) is 0 Å². The van der Waals surface area contributed by atoms with Gasteiger partial charge in [0.05, 0.1) is 17.9 Å². The molecule has 3 aliphatic rings. The molecule has 0 unspecified atom stereocenters. The summed E-state index contributed by atoms with van der Waals surface area (Å²) in [6.45, 7) is 4.01. The Morgan fingerprint density at radius 3 is 2.68 bits per heavy atom. The van der Waals surface area contributed by atoms with Crippen molar-refractivity contribution in [1.82, 2.24) is 14.7 Å². The summed E-state index contributed by atoms with van der Waals surface area (Å²) < 4.78 is 0. The Morgan fingerprint density at radius 1 is 1.18 bits per heavy atom. The first-order valence-electron chi connectivity index (χ1n) is 9.87. The Morgan fingerprint density at radius 2 is 1.93 bits per heavy atom. The summed E-state index contributed by atoms with van der Waals surface area (Å²) in [4.78, 5) is 45.2. The predicted octanol–water partition coefficient (Wildman–Crippen LogP) is 0.454. The number of likely N-dealkylation sites (N-methyl/N-ethyl adjacent to an activating group) is 2. The summed E-state index contributed by atoms with van der Waals surface area (Å²) in [7, 11) is 3.68. The van der Waals surface area contributed by atoms with E-state index in [1.54, 1.807) is 19.2 Å². The molecule has 28 heavy (non-hydrogen) atoms. The van der Waals surface area contributed by atoms with Crippen LogP contribution in [0.4, 0.5) is 11.4 Å². The van der Waals surface area contributed by atoms with Crippen LogP contribution in [0.5, 0.6) is 0 Å². The average Bonchev–Trinajstić information content (AvgIpc) is 3.18. The number of anilines is 2. The van der Waals surface area contributed by atoms with E-state index in [1.807, 2.05) is 18.0 Å². The molecule has 3 amide bonds. The zero-order valence-corrected chi connectivity index (χ0v) is 16.5. The molecular weight excluding hydrogens is 358 g/mol. The maximum Gasteiger partial charge on any atom is 0.254 e. The summed E-state index contributed by atoms with van der Waals surface area (Å²) in [6.07, 6.45) is 1.86. The number of nitrogens with one attached hydrogen (secondary N) is 1. The van der Waals surface area contributed by atoms with Gasteiger partial charge >= 0.3 is 0 Å². The molecule has 8 heteroatoms. The molecule has 0 radical (unpaired) electrons. The first kappa shape index (κ1) is 18.7. The quantitative estimate of drug-likeness (QED) is 0.818. The fourth-order valence-corrected chi connectivity index (χ4v) is 4.21. The van der Waals surface area contributed by atoms with E-state index in [0.717, 1.165) is 38.2 Å². The Balaban J connectivity index is 1.44. The van der Waals surface area contributed by atoms with Crippen molar-refractivity contribution in [3.8, 4) is 0 Å². The number of amides is 3. The lowest BCUT2D eigenvalue weighted by Gasteiger charge is -2.34. The van der Waals surface area contributed by atoms with E-state index in [2.05, 4.69) is 15.1 Å². The Bertz CT molecular complexity index is 803. The normalized spacial score (nSPS) is 21.8. The number of carbonyl (C=O) groups is 3. The number of benzene rings is 1. The van der Waals surface area contributed by atoms with Gasteiger partial charge in [-0.25, -0.2) is 0 Å². The number of fused-ring (bicyclic) bond motifs is 3. The summed E-state index contributed by atoms with van der Waals surface area (Å²) in [5.74, 6) is -0.258. The number of piperazine rings is 1. The summed E-state index contributed by atoms with van der Waals surface area (Å²) >= 11 is 0. The first-order chi connectivity index (χ1) is 13.4. The van der Waals surface area contributed by atoms with Gasteiger partial charge in [0.1, 0.15) is 6.04 Å². The van der Waals surface area contributed by atoms with E-state index in [1.165, 1.54) is 4.90 Å². The van der Waals surface area contributed by atoms with Crippen molar-refractivity contribution in [1.29, 1.82) is 0 Å². The molecule has 150 valence electrons. The van der Waals surface area contributed by atoms with Gasteiger partial charge < -0.3 is 24.9 Å². The van der Waals surface area contributed by atoms with Gasteiger partial charge in [-0.15, -0.1) is 0 Å². The molecule has 3 aliphatic heterocycles. The molecule has 1 atom stereocenters. The fraction of sp³-hybridized carbons (Fsp3) is 0.550. The Hall–Kier alpha value is -2.61. The molecule has 8 nitrogen and oxygen atoms in total. The van der Waals surface area contributed by atoms with Crippen LogP contribution in [0.15, 0.2) is 18.2 Å². The van der Waals surface area contributed by atoms with Crippen molar-refractivity contribution in [2.45, 2.75) is 18.9 Å². The lowest BCUT2D eigenvalue weighted by Crippen LogP contribution is -2.50. The highest BCUT2D eigenvalue weighted by Crippen LogP contribution is 2.37. The van der Waals surface area contributed by atoms with Crippen molar-refractivity contribution in [3.05, 3.63) is 23.8 Å². The second-order valence-electron chi connectivity index (χ2n) is 7.92. The Kier molecular flexibility index (Phi) is 4.97. The van der Waals surface area contributed by atoms with Crippen LogP contribution in [0.3, 0.4) is 0 Å². The van der Waals surface area contributed by atoms with Crippen molar-refractivity contribution in [3.63, 3.8) is 0 Å². The van der Waals surface area contributed by atoms with Crippen LogP contribution in [0.1, 0.15) is 23.2 Å². The van der Waals surface area contributed by atoms with E-state index in [4.69, 9.17) is 0 Å². The lowest BCUT2D eigenvalue weighted by atomic mass is 10.1. The smallest absolute Gasteiger partial charge is 0.254 e. The first-order valence-corrected chi connectivity index (χ1v) is 9.87. The van der Waals surface area contributed by atoms with Crippen molar-refractivity contribution in [2.75, 3.05) is 63.6 Å². The molecule has 2 fully saturated rings. The van der Waals surface area contributed by atoms with Gasteiger partial charge in [-0.1, -0.05) is 0 Å². The minimum atomic E-state index is -0.219. The van der Waals surface area contributed by atoms with E-state index in [0.29, 0.717) is 24.3 Å². The van der Waals surface area contributed by atoms with Gasteiger partial charge in [0.2, 0.25) is 11.8 Å². The molecule has 2 saturated heterocycles. The zero-order chi connectivity index (χ0) is 19.8. The molecule has 1 aromatic carbocycles. The van der Waals surface area contributed by atoms with E-state index in [9.17, 15) is 14.4 Å². The monoisotopic (exact) mass is 385 g/mol. The highest BCUT2D eigenvalue weighted by atomic mass is 16.2. The van der Waals surface area contributed by atoms with Crippen LogP contribution in [-0.2, 0) is 9.59 Å². The molecule has 1 aromatic rings. The van der Waals surface area contributed by atoms with E-state index < -0.39 is 0 Å². The molecule has 0 bridgehead atoms. The number of rotatable bonds is 3. The van der Waals surface area contributed by atoms with Crippen LogP contribution in [0.2, 0.25) is 0 Å². The summed E-state index contributed by atoms with van der Waals surface area (Å²) in [5, 5.41) is 2.93. The second kappa shape index (κ2) is 7.43. The molecule has 0 spiro atoms. The highest BCUT2D eigenvalue weighted by molar-refractivity contribution is 6.06. The maximum atomic E-state index is 12.8. The standard InChI is InChI=1S/C20H27N5O3/c1-22-8-10-24(11-9-22)18(26)13-23(2)20(28)14-5-6-16-15(12-14)21-19(27)17-4-3-7-25(16)17/h5-6,12,17H,3-4,7-11,13H2,1-2H3,(H,21,27)/t17-/m1/s1. The van der Waals surface area contributed by atoms with Crippen LogP contribution < -0.4 is 10.2 Å². The number of hydrogen-bond acceptors (Lipinski definition) is 5. The van der Waals surface area contributed by atoms with Crippen molar-refractivity contribution < 1.29 is 14.4 Å². The second-order valence-corrected chi connectivity index (χ2v) is 7.92. The van der Waals surface area contributed by atoms with Crippen LogP contribution >= 0.6 is 0 Å². The van der Waals surface area contributed by atoms with Gasteiger partial charge in [-0.2, -0.15) is 0 Å². The zero-order valence-electron chi connectivity index (χ0n) is 16.5. The number of carbonyl (C=O) groups excluding carboxylic acids is 3. The van der Waals surface area contributed by atoms with Crippen LogP contribution in [-0.4, -0.2) is 91.8 Å². The van der Waals surface area contributed by atoms with Crippen molar-refractivity contribution >= 4 is 29.1 Å².